The lowest BCUT2D eigenvalue weighted by atomic mass is 10.2. The van der Waals surface area contributed by atoms with Gasteiger partial charge >= 0.3 is 0 Å². The first-order valence-corrected chi connectivity index (χ1v) is 8.74. The minimum atomic E-state index is -0.160. The second-order valence-corrected chi connectivity index (χ2v) is 6.48. The summed E-state index contributed by atoms with van der Waals surface area (Å²) in [4.78, 5) is 12.9. The van der Waals surface area contributed by atoms with Gasteiger partial charge in [-0.25, -0.2) is 0 Å². The molecule has 0 fully saturated rings. The van der Waals surface area contributed by atoms with Gasteiger partial charge in [-0.2, -0.15) is 0 Å². The molecular formula is C22H24N2O3. The first-order chi connectivity index (χ1) is 12.9. The predicted molar refractivity (Wildman–Crippen MR) is 107 cm³/mol. The lowest BCUT2D eigenvalue weighted by molar-refractivity contribution is 0.102. The van der Waals surface area contributed by atoms with Gasteiger partial charge in [0.25, 0.3) is 5.91 Å². The lowest BCUT2D eigenvalue weighted by Crippen LogP contribution is -2.14. The molecule has 27 heavy (non-hydrogen) atoms. The van der Waals surface area contributed by atoms with Crippen LogP contribution in [-0.4, -0.2) is 24.7 Å². The molecule has 1 amide bonds. The highest BCUT2D eigenvalue weighted by atomic mass is 16.5. The zero-order valence-corrected chi connectivity index (χ0v) is 16.3. The number of amides is 1. The number of aryl methyl sites for hydroxylation is 2. The number of hydrogen-bond acceptors (Lipinski definition) is 3. The van der Waals surface area contributed by atoms with Gasteiger partial charge in [0.1, 0.15) is 11.5 Å². The number of benzene rings is 2. The van der Waals surface area contributed by atoms with Crippen molar-refractivity contribution in [2.75, 3.05) is 19.5 Å². The highest BCUT2D eigenvalue weighted by molar-refractivity contribution is 6.06. The van der Waals surface area contributed by atoms with Crippen molar-refractivity contribution in [3.8, 4) is 17.2 Å². The molecule has 0 aliphatic rings. The molecule has 0 saturated heterocycles. The Morgan fingerprint density at radius 3 is 2.26 bits per heavy atom. The number of nitrogens with zero attached hydrogens (tertiary/aromatic N) is 1. The Kier molecular flexibility index (Phi) is 5.21. The number of methoxy groups -OCH3 is 2. The molecule has 0 bridgehead atoms. The molecule has 5 nitrogen and oxygen atoms in total. The molecule has 1 N–H and O–H groups in total. The summed E-state index contributed by atoms with van der Waals surface area (Å²) in [7, 11) is 3.24. The Hall–Kier alpha value is -3.21. The average molecular weight is 364 g/mol. The standard InChI is InChI=1S/C22H24N2O3/c1-14-6-11-21(27-5)20(12-14)23-22(25)19-13-15(2)24(16(19)3)17-7-9-18(26-4)10-8-17/h6-13H,1-5H3,(H,23,25). The highest BCUT2D eigenvalue weighted by Gasteiger charge is 2.18. The molecule has 3 rings (SSSR count). The van der Waals surface area contributed by atoms with Crippen molar-refractivity contribution < 1.29 is 14.3 Å². The normalized spacial score (nSPS) is 10.6. The summed E-state index contributed by atoms with van der Waals surface area (Å²) in [5.74, 6) is 1.27. The first kappa shape index (κ1) is 18.6. The second kappa shape index (κ2) is 7.58. The Morgan fingerprint density at radius 2 is 1.63 bits per heavy atom. The van der Waals surface area contributed by atoms with Gasteiger partial charge < -0.3 is 19.4 Å². The van der Waals surface area contributed by atoms with Crippen molar-refractivity contribution >= 4 is 11.6 Å². The van der Waals surface area contributed by atoms with Crippen LogP contribution < -0.4 is 14.8 Å². The lowest BCUT2D eigenvalue weighted by Gasteiger charge is -2.12. The van der Waals surface area contributed by atoms with E-state index in [-0.39, 0.29) is 5.91 Å². The predicted octanol–water partition coefficient (Wildman–Crippen LogP) is 4.67. The van der Waals surface area contributed by atoms with Crippen molar-refractivity contribution in [3.05, 3.63) is 71.0 Å². The van der Waals surface area contributed by atoms with Gasteiger partial charge in [-0.15, -0.1) is 0 Å². The van der Waals surface area contributed by atoms with E-state index in [1.165, 1.54) is 0 Å². The van der Waals surface area contributed by atoms with Crippen molar-refractivity contribution in [2.45, 2.75) is 20.8 Å². The summed E-state index contributed by atoms with van der Waals surface area (Å²) in [6, 6.07) is 15.4. The van der Waals surface area contributed by atoms with Crippen molar-refractivity contribution in [1.29, 1.82) is 0 Å². The number of hydrogen-bond donors (Lipinski definition) is 1. The van der Waals surface area contributed by atoms with Crippen LogP contribution in [0.1, 0.15) is 27.3 Å². The Labute approximate surface area is 159 Å². The summed E-state index contributed by atoms with van der Waals surface area (Å²) in [5, 5.41) is 2.97. The van der Waals surface area contributed by atoms with Crippen LogP contribution in [0.25, 0.3) is 5.69 Å². The van der Waals surface area contributed by atoms with Crippen LogP contribution >= 0.6 is 0 Å². The maximum Gasteiger partial charge on any atom is 0.257 e. The third-order valence-electron chi connectivity index (χ3n) is 4.61. The average Bonchev–Trinajstić information content (AvgIpc) is 2.96. The van der Waals surface area contributed by atoms with Crippen LogP contribution in [0.3, 0.4) is 0 Å². The second-order valence-electron chi connectivity index (χ2n) is 6.48. The van der Waals surface area contributed by atoms with Crippen LogP contribution in [0.4, 0.5) is 5.69 Å². The number of carbonyl (C=O) groups is 1. The van der Waals surface area contributed by atoms with E-state index >= 15 is 0 Å². The molecule has 0 aliphatic carbocycles. The van der Waals surface area contributed by atoms with Crippen LogP contribution in [0, 0.1) is 20.8 Å². The van der Waals surface area contributed by atoms with E-state index in [1.54, 1.807) is 14.2 Å². The molecule has 3 aromatic rings. The molecule has 2 aromatic carbocycles. The molecule has 140 valence electrons. The summed E-state index contributed by atoms with van der Waals surface area (Å²) < 4.78 is 12.6. The quantitative estimate of drug-likeness (QED) is 0.716. The zero-order valence-electron chi connectivity index (χ0n) is 16.3. The van der Waals surface area contributed by atoms with Gasteiger partial charge in [-0.3, -0.25) is 4.79 Å². The first-order valence-electron chi connectivity index (χ1n) is 8.74. The third kappa shape index (κ3) is 3.67. The molecule has 1 heterocycles. The topological polar surface area (TPSA) is 52.5 Å². The van der Waals surface area contributed by atoms with E-state index in [1.807, 2.05) is 69.3 Å². The smallest absolute Gasteiger partial charge is 0.257 e. The van der Waals surface area contributed by atoms with E-state index in [0.29, 0.717) is 17.0 Å². The van der Waals surface area contributed by atoms with Crippen LogP contribution in [-0.2, 0) is 0 Å². The third-order valence-corrected chi connectivity index (χ3v) is 4.61. The summed E-state index contributed by atoms with van der Waals surface area (Å²) in [6.07, 6.45) is 0. The SMILES string of the molecule is COc1ccc(-n2c(C)cc(C(=O)Nc3cc(C)ccc3OC)c2C)cc1. The van der Waals surface area contributed by atoms with E-state index in [0.717, 1.165) is 28.4 Å². The van der Waals surface area contributed by atoms with Crippen LogP contribution in [0.5, 0.6) is 11.5 Å². The molecule has 1 aromatic heterocycles. The van der Waals surface area contributed by atoms with E-state index in [9.17, 15) is 4.79 Å². The number of rotatable bonds is 5. The molecule has 0 unspecified atom stereocenters. The largest absolute Gasteiger partial charge is 0.497 e. The Morgan fingerprint density at radius 1 is 0.926 bits per heavy atom. The number of nitrogens with one attached hydrogen (secondary N) is 1. The number of ether oxygens (including phenoxy) is 2. The maximum atomic E-state index is 12.9. The molecule has 0 spiro atoms. The molecule has 0 atom stereocenters. The zero-order chi connectivity index (χ0) is 19.6. The molecule has 0 aliphatic heterocycles. The fourth-order valence-electron chi connectivity index (χ4n) is 3.23. The molecule has 0 saturated carbocycles. The van der Waals surface area contributed by atoms with Gasteiger partial charge in [0.2, 0.25) is 0 Å². The number of anilines is 1. The van der Waals surface area contributed by atoms with E-state index < -0.39 is 0 Å². The van der Waals surface area contributed by atoms with Gasteiger partial charge in [0, 0.05) is 17.1 Å². The van der Waals surface area contributed by atoms with Crippen molar-refractivity contribution in [2.24, 2.45) is 0 Å². The Bertz CT molecular complexity index is 972. The molecular weight excluding hydrogens is 340 g/mol. The Balaban J connectivity index is 1.94. The number of aromatic nitrogens is 1. The summed E-state index contributed by atoms with van der Waals surface area (Å²) >= 11 is 0. The fraction of sp³-hybridized carbons (Fsp3) is 0.227. The van der Waals surface area contributed by atoms with E-state index in [4.69, 9.17) is 9.47 Å². The monoisotopic (exact) mass is 364 g/mol. The van der Waals surface area contributed by atoms with Crippen molar-refractivity contribution in [1.82, 2.24) is 4.57 Å². The minimum absolute atomic E-state index is 0.160. The van der Waals surface area contributed by atoms with Crippen LogP contribution in [0.2, 0.25) is 0 Å². The minimum Gasteiger partial charge on any atom is -0.497 e. The van der Waals surface area contributed by atoms with E-state index in [2.05, 4.69) is 9.88 Å². The highest BCUT2D eigenvalue weighted by Crippen LogP contribution is 2.27. The van der Waals surface area contributed by atoms with Gasteiger partial charge in [0.15, 0.2) is 0 Å². The summed E-state index contributed by atoms with van der Waals surface area (Å²) in [5.41, 5.74) is 5.19. The summed E-state index contributed by atoms with van der Waals surface area (Å²) in [6.45, 7) is 5.91. The van der Waals surface area contributed by atoms with Gasteiger partial charge in [0.05, 0.1) is 25.5 Å². The molecule has 5 heteroatoms. The van der Waals surface area contributed by atoms with Crippen molar-refractivity contribution in [3.63, 3.8) is 0 Å². The van der Waals surface area contributed by atoms with Crippen LogP contribution in [0.15, 0.2) is 48.5 Å². The fourth-order valence-corrected chi connectivity index (χ4v) is 3.23. The maximum absolute atomic E-state index is 12.9. The molecule has 0 radical (unpaired) electrons. The number of carbonyl (C=O) groups excluding carboxylic acids is 1. The van der Waals surface area contributed by atoms with Gasteiger partial charge in [-0.1, -0.05) is 6.07 Å². The van der Waals surface area contributed by atoms with Gasteiger partial charge in [-0.05, 0) is 68.8 Å².